The fourth-order valence-electron chi connectivity index (χ4n) is 2.66. The highest BCUT2D eigenvalue weighted by Crippen LogP contribution is 2.32. The fourth-order valence-corrected chi connectivity index (χ4v) is 6.93. The van der Waals surface area contributed by atoms with Crippen molar-refractivity contribution in [2.75, 3.05) is 6.54 Å². The van der Waals surface area contributed by atoms with Crippen molar-refractivity contribution in [3.8, 4) is 0 Å². The minimum atomic E-state index is -3.88. The van der Waals surface area contributed by atoms with E-state index in [-0.39, 0.29) is 21.4 Å². The molecule has 1 aromatic carbocycles. The summed E-state index contributed by atoms with van der Waals surface area (Å²) in [5.74, 6) is 0.187. The first-order valence-corrected chi connectivity index (χ1v) is 12.0. The smallest absolute Gasteiger partial charge is 0.240 e. The second-order valence-electron chi connectivity index (χ2n) is 6.10. The van der Waals surface area contributed by atoms with E-state index in [9.17, 15) is 16.8 Å². The molecule has 0 saturated carbocycles. The van der Waals surface area contributed by atoms with Crippen LogP contribution in [0.4, 0.5) is 0 Å². The van der Waals surface area contributed by atoms with Gasteiger partial charge in [0, 0.05) is 6.54 Å². The van der Waals surface area contributed by atoms with Crippen LogP contribution in [0.2, 0.25) is 0 Å². The Kier molecular flexibility index (Phi) is 5.57. The first-order valence-electron chi connectivity index (χ1n) is 8.09. The van der Waals surface area contributed by atoms with Gasteiger partial charge in [-0.3, -0.25) is 0 Å². The van der Waals surface area contributed by atoms with E-state index < -0.39 is 25.1 Å². The van der Waals surface area contributed by atoms with Crippen molar-refractivity contribution in [2.24, 2.45) is 0 Å². The van der Waals surface area contributed by atoms with Crippen LogP contribution in [0.1, 0.15) is 22.1 Å². The van der Waals surface area contributed by atoms with Crippen LogP contribution >= 0.6 is 11.3 Å². The molecular weight excluding hydrogens is 406 g/mol. The van der Waals surface area contributed by atoms with Crippen molar-refractivity contribution in [2.45, 2.75) is 28.2 Å². The first-order chi connectivity index (χ1) is 12.7. The third kappa shape index (κ3) is 4.16. The average molecular weight is 426 g/mol. The molecule has 0 aliphatic rings. The lowest BCUT2D eigenvalue weighted by Gasteiger charge is -2.16. The van der Waals surface area contributed by atoms with Gasteiger partial charge in [-0.2, -0.15) is 0 Å². The van der Waals surface area contributed by atoms with Gasteiger partial charge in [0.1, 0.15) is 15.2 Å². The van der Waals surface area contributed by atoms with Gasteiger partial charge in [-0.05, 0) is 54.6 Å². The molecule has 0 bridgehead atoms. The number of sulfonamides is 1. The van der Waals surface area contributed by atoms with Gasteiger partial charge in [0.05, 0.1) is 11.2 Å². The van der Waals surface area contributed by atoms with Gasteiger partial charge in [0.15, 0.2) is 9.84 Å². The molecule has 0 aliphatic heterocycles. The Morgan fingerprint density at radius 1 is 1.07 bits per heavy atom. The second-order valence-corrected chi connectivity index (χ2v) is 11.1. The molecule has 0 fully saturated rings. The van der Waals surface area contributed by atoms with Gasteiger partial charge in [0.2, 0.25) is 10.0 Å². The highest BCUT2D eigenvalue weighted by molar-refractivity contribution is 7.93. The van der Waals surface area contributed by atoms with E-state index in [0.717, 1.165) is 16.9 Å². The van der Waals surface area contributed by atoms with E-state index in [4.69, 9.17) is 4.42 Å². The lowest BCUT2D eigenvalue weighted by atomic mass is 10.2. The molecule has 0 spiro atoms. The number of nitrogens with one attached hydrogen (secondary N) is 1. The first kappa shape index (κ1) is 19.8. The van der Waals surface area contributed by atoms with Crippen molar-refractivity contribution >= 4 is 31.2 Å². The summed E-state index contributed by atoms with van der Waals surface area (Å²) in [7, 11) is -7.69. The van der Waals surface area contributed by atoms with Gasteiger partial charge in [-0.15, -0.1) is 11.3 Å². The normalized spacial score (nSPS) is 13.6. The average Bonchev–Trinajstić information content (AvgIpc) is 3.30. The Labute approximate surface area is 162 Å². The molecule has 6 nitrogen and oxygen atoms in total. The van der Waals surface area contributed by atoms with Crippen LogP contribution in [0.25, 0.3) is 0 Å². The summed E-state index contributed by atoms with van der Waals surface area (Å²) in [5, 5.41) is 0.498. The zero-order valence-corrected chi connectivity index (χ0v) is 17.2. The van der Waals surface area contributed by atoms with E-state index in [1.807, 2.05) is 6.07 Å². The third-order valence-electron chi connectivity index (χ3n) is 4.10. The van der Waals surface area contributed by atoms with E-state index in [2.05, 4.69) is 4.72 Å². The van der Waals surface area contributed by atoms with Crippen LogP contribution in [0, 0.1) is 13.8 Å². The second kappa shape index (κ2) is 7.59. The summed E-state index contributed by atoms with van der Waals surface area (Å²) >= 11 is 1.08. The molecule has 2 aromatic heterocycles. The van der Waals surface area contributed by atoms with Crippen LogP contribution in [0.3, 0.4) is 0 Å². The topological polar surface area (TPSA) is 93.4 Å². The van der Waals surface area contributed by atoms with Gasteiger partial charge in [-0.25, -0.2) is 21.6 Å². The summed E-state index contributed by atoms with van der Waals surface area (Å²) in [4.78, 5) is 0.134. The molecule has 144 valence electrons. The number of benzene rings is 1. The Bertz CT molecular complexity index is 1120. The predicted octanol–water partition coefficient (Wildman–Crippen LogP) is 3.45. The van der Waals surface area contributed by atoms with E-state index in [1.54, 1.807) is 43.5 Å². The zero-order chi connectivity index (χ0) is 19.7. The molecule has 1 N–H and O–H groups in total. The van der Waals surface area contributed by atoms with Crippen molar-refractivity contribution in [3.05, 3.63) is 71.0 Å². The number of aryl methyl sites for hydroxylation is 2. The maximum absolute atomic E-state index is 13.0. The molecule has 9 heteroatoms. The molecule has 2 heterocycles. The molecule has 27 heavy (non-hydrogen) atoms. The third-order valence-corrected chi connectivity index (χ3v) is 9.16. The van der Waals surface area contributed by atoms with E-state index in [1.165, 1.54) is 18.4 Å². The van der Waals surface area contributed by atoms with Crippen molar-refractivity contribution in [3.63, 3.8) is 0 Å². The van der Waals surface area contributed by atoms with Crippen LogP contribution < -0.4 is 4.72 Å². The van der Waals surface area contributed by atoms with Crippen LogP contribution in [0.15, 0.2) is 67.6 Å². The molecule has 0 radical (unpaired) electrons. The molecule has 0 unspecified atom stereocenters. The zero-order valence-electron chi connectivity index (χ0n) is 14.7. The number of furan rings is 1. The van der Waals surface area contributed by atoms with Crippen molar-refractivity contribution in [1.29, 1.82) is 0 Å². The molecule has 3 rings (SSSR count). The SMILES string of the molecule is Cc1ccc(C)c(S(=O)(=O)NC[C@H](c2ccco2)S(=O)(=O)c2cccs2)c1. The Balaban J connectivity index is 1.93. The van der Waals surface area contributed by atoms with Crippen LogP contribution in [-0.4, -0.2) is 23.4 Å². The van der Waals surface area contributed by atoms with Gasteiger partial charge < -0.3 is 4.42 Å². The van der Waals surface area contributed by atoms with Crippen LogP contribution in [-0.2, 0) is 19.9 Å². The molecule has 0 saturated heterocycles. The number of rotatable bonds is 7. The largest absolute Gasteiger partial charge is 0.468 e. The molecular formula is C18H19NO5S3. The summed E-state index contributed by atoms with van der Waals surface area (Å²) < 4.78 is 59.4. The number of thiophene rings is 1. The lowest BCUT2D eigenvalue weighted by Crippen LogP contribution is -2.32. The Hall–Kier alpha value is -1.94. The van der Waals surface area contributed by atoms with E-state index >= 15 is 0 Å². The highest BCUT2D eigenvalue weighted by atomic mass is 32.2. The molecule has 0 amide bonds. The molecule has 3 aromatic rings. The fraction of sp³-hybridized carbons (Fsp3) is 0.222. The van der Waals surface area contributed by atoms with Gasteiger partial charge >= 0.3 is 0 Å². The van der Waals surface area contributed by atoms with Gasteiger partial charge in [-0.1, -0.05) is 18.2 Å². The summed E-state index contributed by atoms with van der Waals surface area (Å²) in [6, 6.07) is 11.3. The Morgan fingerprint density at radius 3 is 2.48 bits per heavy atom. The maximum atomic E-state index is 13.0. The molecule has 1 atom stereocenters. The Morgan fingerprint density at radius 2 is 1.85 bits per heavy atom. The number of sulfone groups is 1. The summed E-state index contributed by atoms with van der Waals surface area (Å²) in [6.07, 6.45) is 1.37. The standard InChI is InChI=1S/C18H19NO5S3/c1-13-7-8-14(2)16(11-13)27(22,23)19-12-17(15-5-3-9-24-15)26(20,21)18-6-4-10-25-18/h3-11,17,19H,12H2,1-2H3/t17-/m1/s1. The number of hydrogen-bond acceptors (Lipinski definition) is 6. The van der Waals surface area contributed by atoms with Crippen LogP contribution in [0.5, 0.6) is 0 Å². The molecule has 0 aliphatic carbocycles. The van der Waals surface area contributed by atoms with Crippen molar-refractivity contribution < 1.29 is 21.3 Å². The minimum absolute atomic E-state index is 0.134. The maximum Gasteiger partial charge on any atom is 0.240 e. The summed E-state index contributed by atoms with van der Waals surface area (Å²) in [5.41, 5.74) is 1.39. The monoisotopic (exact) mass is 425 g/mol. The van der Waals surface area contributed by atoms with Gasteiger partial charge in [0.25, 0.3) is 0 Å². The summed E-state index contributed by atoms with van der Waals surface area (Å²) in [6.45, 7) is 3.16. The minimum Gasteiger partial charge on any atom is -0.468 e. The highest BCUT2D eigenvalue weighted by Gasteiger charge is 2.33. The predicted molar refractivity (Wildman–Crippen MR) is 104 cm³/mol. The quantitative estimate of drug-likeness (QED) is 0.626. The van der Waals surface area contributed by atoms with E-state index in [0.29, 0.717) is 5.56 Å². The lowest BCUT2D eigenvalue weighted by molar-refractivity contribution is 0.487. The number of hydrogen-bond donors (Lipinski definition) is 1. The van der Waals surface area contributed by atoms with Crippen molar-refractivity contribution in [1.82, 2.24) is 4.72 Å².